The number of ether oxygens (including phenoxy) is 1. The van der Waals surface area contributed by atoms with E-state index < -0.39 is 10.9 Å². The number of aryl methyl sites for hydroxylation is 1. The zero-order valence-electron chi connectivity index (χ0n) is 10.2. The monoisotopic (exact) mass is 262 g/mol. The summed E-state index contributed by atoms with van der Waals surface area (Å²) in [5.74, 6) is -0.771. The number of benzene rings is 1. The molecule has 8 heteroatoms. The Labute approximate surface area is 107 Å². The summed E-state index contributed by atoms with van der Waals surface area (Å²) in [4.78, 5) is 25.3. The number of nitro groups is 1. The first kappa shape index (κ1) is 12.7. The number of rotatable bonds is 3. The molecule has 0 fully saturated rings. The first-order valence-corrected chi connectivity index (χ1v) is 5.27. The van der Waals surface area contributed by atoms with Gasteiger partial charge in [-0.05, 0) is 18.6 Å². The van der Waals surface area contributed by atoms with Gasteiger partial charge in [0.05, 0.1) is 17.7 Å². The summed E-state index contributed by atoms with van der Waals surface area (Å²) in [5, 5.41) is 14.7. The Morgan fingerprint density at radius 3 is 2.79 bits per heavy atom. The minimum Gasteiger partial charge on any atom is -0.463 e. The van der Waals surface area contributed by atoms with Crippen LogP contribution in [-0.4, -0.2) is 32.8 Å². The van der Waals surface area contributed by atoms with Crippen LogP contribution in [0.4, 0.5) is 5.69 Å². The van der Waals surface area contributed by atoms with Gasteiger partial charge < -0.3 is 4.74 Å². The molecule has 0 spiro atoms. The highest BCUT2D eigenvalue weighted by Gasteiger charge is 2.14. The molecule has 0 radical (unpaired) electrons. The third kappa shape index (κ3) is 2.57. The summed E-state index contributed by atoms with van der Waals surface area (Å²) in [7, 11) is 1.22. The van der Waals surface area contributed by atoms with Crippen molar-refractivity contribution in [3.63, 3.8) is 0 Å². The van der Waals surface area contributed by atoms with E-state index in [2.05, 4.69) is 14.8 Å². The van der Waals surface area contributed by atoms with Gasteiger partial charge in [0.2, 0.25) is 0 Å². The van der Waals surface area contributed by atoms with Gasteiger partial charge in [-0.3, -0.25) is 10.1 Å². The van der Waals surface area contributed by atoms with Crippen LogP contribution < -0.4 is 0 Å². The molecule has 0 bridgehead atoms. The lowest BCUT2D eigenvalue weighted by atomic mass is 10.2. The van der Waals surface area contributed by atoms with Crippen molar-refractivity contribution in [1.29, 1.82) is 0 Å². The molecule has 0 atom stereocenters. The lowest BCUT2D eigenvalue weighted by Crippen LogP contribution is -2.05. The van der Waals surface area contributed by atoms with Gasteiger partial charge in [0.15, 0.2) is 0 Å². The first-order valence-electron chi connectivity index (χ1n) is 5.27. The Morgan fingerprint density at radius 2 is 2.16 bits per heavy atom. The summed E-state index contributed by atoms with van der Waals surface area (Å²) in [6.07, 6.45) is 1.30. The first-order chi connectivity index (χ1) is 9.01. The van der Waals surface area contributed by atoms with Crippen molar-refractivity contribution in [2.24, 2.45) is 0 Å². The number of methoxy groups -OCH3 is 1. The third-order valence-electron chi connectivity index (χ3n) is 2.38. The Morgan fingerprint density at radius 1 is 1.42 bits per heavy atom. The highest BCUT2D eigenvalue weighted by molar-refractivity contribution is 5.84. The fourth-order valence-corrected chi connectivity index (χ4v) is 1.55. The molecule has 1 aromatic heterocycles. The second-order valence-electron chi connectivity index (χ2n) is 3.79. The Balaban J connectivity index is 2.44. The molecule has 0 unspecified atom stereocenters. The molecule has 0 aliphatic heterocycles. The number of esters is 1. The van der Waals surface area contributed by atoms with E-state index in [0.717, 1.165) is 0 Å². The highest BCUT2D eigenvalue weighted by atomic mass is 16.6. The Bertz CT molecular complexity index is 650. The van der Waals surface area contributed by atoms with Gasteiger partial charge in [0.1, 0.15) is 6.33 Å². The second kappa shape index (κ2) is 4.84. The molecule has 0 saturated carbocycles. The SMILES string of the molecule is COC(=O)c1ncn(-c2cc(C)cc([N+](=O)[O-])c2)n1. The Hall–Kier alpha value is -2.77. The number of hydrogen-bond acceptors (Lipinski definition) is 6. The van der Waals surface area contributed by atoms with Crippen LogP contribution in [0.25, 0.3) is 5.69 Å². The molecule has 0 aliphatic rings. The summed E-state index contributed by atoms with van der Waals surface area (Å²) < 4.78 is 5.77. The molecule has 0 amide bonds. The fourth-order valence-electron chi connectivity index (χ4n) is 1.55. The molecule has 2 rings (SSSR count). The maximum absolute atomic E-state index is 11.2. The predicted octanol–water partition coefficient (Wildman–Crippen LogP) is 1.27. The molecule has 0 N–H and O–H groups in total. The smallest absolute Gasteiger partial charge is 0.377 e. The van der Waals surface area contributed by atoms with Crippen molar-refractivity contribution in [2.45, 2.75) is 6.92 Å². The topological polar surface area (TPSA) is 100 Å². The van der Waals surface area contributed by atoms with E-state index >= 15 is 0 Å². The van der Waals surface area contributed by atoms with Crippen LogP contribution in [0.3, 0.4) is 0 Å². The maximum Gasteiger partial charge on any atom is 0.377 e. The zero-order valence-corrected chi connectivity index (χ0v) is 10.2. The van der Waals surface area contributed by atoms with Gasteiger partial charge in [-0.2, -0.15) is 0 Å². The summed E-state index contributed by atoms with van der Waals surface area (Å²) in [5.41, 5.74) is 1.11. The van der Waals surface area contributed by atoms with E-state index in [9.17, 15) is 14.9 Å². The van der Waals surface area contributed by atoms with Crippen molar-refractivity contribution in [1.82, 2.24) is 14.8 Å². The molecular weight excluding hydrogens is 252 g/mol. The van der Waals surface area contributed by atoms with Crippen LogP contribution in [-0.2, 0) is 4.74 Å². The number of non-ortho nitro benzene ring substituents is 1. The highest BCUT2D eigenvalue weighted by Crippen LogP contribution is 2.19. The van der Waals surface area contributed by atoms with Crippen molar-refractivity contribution in [3.8, 4) is 5.69 Å². The van der Waals surface area contributed by atoms with E-state index in [4.69, 9.17) is 0 Å². The van der Waals surface area contributed by atoms with Crippen LogP contribution in [0.2, 0.25) is 0 Å². The van der Waals surface area contributed by atoms with Gasteiger partial charge in [-0.1, -0.05) is 0 Å². The van der Waals surface area contributed by atoms with E-state index in [1.807, 2.05) is 0 Å². The second-order valence-corrected chi connectivity index (χ2v) is 3.79. The lowest BCUT2D eigenvalue weighted by molar-refractivity contribution is -0.384. The van der Waals surface area contributed by atoms with Crippen LogP contribution in [0.15, 0.2) is 24.5 Å². The molecule has 0 aliphatic carbocycles. The van der Waals surface area contributed by atoms with Crippen molar-refractivity contribution >= 4 is 11.7 Å². The molecule has 8 nitrogen and oxygen atoms in total. The van der Waals surface area contributed by atoms with Gasteiger partial charge >= 0.3 is 5.97 Å². The van der Waals surface area contributed by atoms with Crippen molar-refractivity contribution < 1.29 is 14.5 Å². The largest absolute Gasteiger partial charge is 0.463 e. The predicted molar refractivity (Wildman–Crippen MR) is 64.1 cm³/mol. The lowest BCUT2D eigenvalue weighted by Gasteiger charge is -2.02. The van der Waals surface area contributed by atoms with Gasteiger partial charge in [0.25, 0.3) is 11.5 Å². The number of hydrogen-bond donors (Lipinski definition) is 0. The fraction of sp³-hybridized carbons (Fsp3) is 0.182. The van der Waals surface area contributed by atoms with Crippen molar-refractivity contribution in [3.05, 3.63) is 46.0 Å². The minimum absolute atomic E-state index is 0.0508. The zero-order chi connectivity index (χ0) is 14.0. The summed E-state index contributed by atoms with van der Waals surface area (Å²) in [6, 6.07) is 4.49. The van der Waals surface area contributed by atoms with E-state index in [1.165, 1.54) is 30.3 Å². The number of carbonyl (C=O) groups excluding carboxylic acids is 1. The molecule has 0 saturated heterocycles. The van der Waals surface area contributed by atoms with Gasteiger partial charge in [-0.15, -0.1) is 5.10 Å². The average molecular weight is 262 g/mol. The molecule has 19 heavy (non-hydrogen) atoms. The molecule has 1 aromatic carbocycles. The summed E-state index contributed by atoms with van der Waals surface area (Å²) in [6.45, 7) is 1.73. The molecular formula is C11H10N4O4. The normalized spacial score (nSPS) is 10.2. The molecule has 1 heterocycles. The van der Waals surface area contributed by atoms with Gasteiger partial charge in [0, 0.05) is 12.1 Å². The Kier molecular flexibility index (Phi) is 3.23. The van der Waals surface area contributed by atoms with Crippen LogP contribution in [0, 0.1) is 17.0 Å². The quantitative estimate of drug-likeness (QED) is 0.469. The van der Waals surface area contributed by atoms with Crippen LogP contribution >= 0.6 is 0 Å². The van der Waals surface area contributed by atoms with Crippen LogP contribution in [0.5, 0.6) is 0 Å². The van der Waals surface area contributed by atoms with Crippen molar-refractivity contribution in [2.75, 3.05) is 7.11 Å². The van der Waals surface area contributed by atoms with E-state index in [0.29, 0.717) is 11.3 Å². The number of carbonyl (C=O) groups is 1. The average Bonchev–Trinajstić information content (AvgIpc) is 2.86. The standard InChI is InChI=1S/C11H10N4O4/c1-7-3-8(5-9(4-7)15(17)18)14-6-12-10(13-14)11(16)19-2/h3-6H,1-2H3. The van der Waals surface area contributed by atoms with Crippen LogP contribution in [0.1, 0.15) is 16.2 Å². The number of aromatic nitrogens is 3. The van der Waals surface area contributed by atoms with Gasteiger partial charge in [-0.25, -0.2) is 14.5 Å². The third-order valence-corrected chi connectivity index (χ3v) is 2.38. The van der Waals surface area contributed by atoms with E-state index in [-0.39, 0.29) is 11.5 Å². The molecule has 98 valence electrons. The van der Waals surface area contributed by atoms with E-state index in [1.54, 1.807) is 13.0 Å². The molecule has 2 aromatic rings. The summed E-state index contributed by atoms with van der Waals surface area (Å²) >= 11 is 0. The maximum atomic E-state index is 11.2. The minimum atomic E-state index is -0.666. The number of nitro benzene ring substituents is 1. The number of nitrogens with zero attached hydrogens (tertiary/aromatic N) is 4.